The Morgan fingerprint density at radius 2 is 2.24 bits per heavy atom. The van der Waals surface area contributed by atoms with Crippen molar-refractivity contribution in [3.05, 3.63) is 29.7 Å². The maximum absolute atomic E-state index is 5.72. The van der Waals surface area contributed by atoms with Crippen molar-refractivity contribution in [3.8, 4) is 0 Å². The third kappa shape index (κ3) is 3.32. The summed E-state index contributed by atoms with van der Waals surface area (Å²) in [5.41, 5.74) is 1.21. The monoisotopic (exact) mass is 289 g/mol. The average molecular weight is 289 g/mol. The summed E-state index contributed by atoms with van der Waals surface area (Å²) in [7, 11) is 0. The van der Waals surface area contributed by atoms with Crippen LogP contribution >= 0.6 is 0 Å². The molecule has 0 radical (unpaired) electrons. The van der Waals surface area contributed by atoms with Gasteiger partial charge in [-0.05, 0) is 31.9 Å². The Labute approximate surface area is 125 Å². The number of likely N-dealkylation sites (tertiary alicyclic amines) is 1. The topological polar surface area (TPSA) is 60.0 Å². The van der Waals surface area contributed by atoms with Crippen LogP contribution in [-0.2, 0) is 13.1 Å². The molecule has 0 bridgehead atoms. The largest absolute Gasteiger partial charge is 0.424 e. The van der Waals surface area contributed by atoms with Crippen molar-refractivity contribution < 1.29 is 4.42 Å². The fourth-order valence-corrected chi connectivity index (χ4v) is 2.83. The summed E-state index contributed by atoms with van der Waals surface area (Å²) >= 11 is 0. The number of nitrogens with zero attached hydrogens (tertiary/aromatic N) is 5. The lowest BCUT2D eigenvalue weighted by Gasteiger charge is -2.22. The first-order chi connectivity index (χ1) is 10.1. The molecule has 0 aliphatic carbocycles. The molecule has 6 nitrogen and oxygen atoms in total. The van der Waals surface area contributed by atoms with Crippen LogP contribution in [0.25, 0.3) is 0 Å². The summed E-state index contributed by atoms with van der Waals surface area (Å²) in [4.78, 5) is 2.43. The molecule has 1 fully saturated rings. The van der Waals surface area contributed by atoms with Crippen LogP contribution in [0.15, 0.2) is 16.8 Å². The van der Waals surface area contributed by atoms with Gasteiger partial charge in [-0.3, -0.25) is 9.58 Å². The first-order valence-electron chi connectivity index (χ1n) is 7.67. The summed E-state index contributed by atoms with van der Waals surface area (Å²) in [5, 5.41) is 12.7. The molecule has 6 heteroatoms. The fourth-order valence-electron chi connectivity index (χ4n) is 2.83. The molecule has 1 saturated heterocycles. The van der Waals surface area contributed by atoms with Gasteiger partial charge in [-0.2, -0.15) is 5.10 Å². The van der Waals surface area contributed by atoms with E-state index in [9.17, 15) is 0 Å². The summed E-state index contributed by atoms with van der Waals surface area (Å²) in [6.07, 6.45) is 6.42. The summed E-state index contributed by atoms with van der Waals surface area (Å²) in [6.45, 7) is 8.96. The van der Waals surface area contributed by atoms with Crippen molar-refractivity contribution in [1.82, 2.24) is 24.9 Å². The van der Waals surface area contributed by atoms with Crippen LogP contribution in [0.5, 0.6) is 0 Å². The van der Waals surface area contributed by atoms with Gasteiger partial charge < -0.3 is 4.42 Å². The van der Waals surface area contributed by atoms with E-state index in [0.29, 0.717) is 6.04 Å². The third-order valence-electron chi connectivity index (χ3n) is 3.97. The quantitative estimate of drug-likeness (QED) is 0.845. The van der Waals surface area contributed by atoms with Gasteiger partial charge in [0.25, 0.3) is 0 Å². The van der Waals surface area contributed by atoms with Crippen LogP contribution in [0.1, 0.15) is 50.0 Å². The molecule has 2 aromatic rings. The molecule has 0 spiro atoms. The molecule has 0 aromatic carbocycles. The van der Waals surface area contributed by atoms with Gasteiger partial charge in [0.15, 0.2) is 0 Å². The van der Waals surface area contributed by atoms with Crippen molar-refractivity contribution >= 4 is 0 Å². The molecular weight excluding hydrogens is 266 g/mol. The molecule has 3 heterocycles. The summed E-state index contributed by atoms with van der Waals surface area (Å²) in [5.74, 6) is 1.73. The van der Waals surface area contributed by atoms with Crippen molar-refractivity contribution in [2.45, 2.75) is 58.7 Å². The Balaban J connectivity index is 1.63. The SMILES string of the molecule is Cc1cnn(C[C@@H]2CCCN2Cc2nnc(C(C)C)o2)c1. The first-order valence-corrected chi connectivity index (χ1v) is 7.67. The summed E-state index contributed by atoms with van der Waals surface area (Å²) < 4.78 is 7.76. The number of hydrogen-bond acceptors (Lipinski definition) is 5. The predicted molar refractivity (Wildman–Crippen MR) is 78.8 cm³/mol. The number of hydrogen-bond donors (Lipinski definition) is 0. The van der Waals surface area contributed by atoms with E-state index in [-0.39, 0.29) is 5.92 Å². The maximum Gasteiger partial charge on any atom is 0.230 e. The Morgan fingerprint density at radius 3 is 2.90 bits per heavy atom. The predicted octanol–water partition coefficient (Wildman–Crippen LogP) is 2.36. The minimum absolute atomic E-state index is 0.285. The van der Waals surface area contributed by atoms with Gasteiger partial charge in [-0.1, -0.05) is 13.8 Å². The normalized spacial score (nSPS) is 19.7. The molecule has 0 saturated carbocycles. The Bertz CT molecular complexity index is 588. The lowest BCUT2D eigenvalue weighted by molar-refractivity contribution is 0.198. The van der Waals surface area contributed by atoms with Gasteiger partial charge in [-0.25, -0.2) is 0 Å². The molecule has 0 amide bonds. The molecule has 21 heavy (non-hydrogen) atoms. The van der Waals surface area contributed by atoms with Crippen LogP contribution in [-0.4, -0.2) is 37.5 Å². The van der Waals surface area contributed by atoms with E-state index in [2.05, 4.69) is 47.2 Å². The van der Waals surface area contributed by atoms with Crippen molar-refractivity contribution in [2.75, 3.05) is 6.54 Å². The van der Waals surface area contributed by atoms with Gasteiger partial charge >= 0.3 is 0 Å². The second kappa shape index (κ2) is 5.97. The Kier molecular flexibility index (Phi) is 4.05. The molecule has 3 rings (SSSR count). The van der Waals surface area contributed by atoms with Crippen LogP contribution in [0.4, 0.5) is 0 Å². The first kappa shape index (κ1) is 14.3. The minimum atomic E-state index is 0.285. The number of aryl methyl sites for hydroxylation is 1. The standard InChI is InChI=1S/C15H23N5O/c1-11(2)15-18-17-14(21-15)10-19-6-4-5-13(19)9-20-8-12(3)7-16-20/h7-8,11,13H,4-6,9-10H2,1-3H3/t13-/m0/s1. The van der Waals surface area contributed by atoms with Crippen molar-refractivity contribution in [1.29, 1.82) is 0 Å². The third-order valence-corrected chi connectivity index (χ3v) is 3.97. The van der Waals surface area contributed by atoms with Gasteiger partial charge in [-0.15, -0.1) is 10.2 Å². The van der Waals surface area contributed by atoms with E-state index in [1.165, 1.54) is 18.4 Å². The molecular formula is C15H23N5O. The fraction of sp³-hybridized carbons (Fsp3) is 0.667. The highest BCUT2D eigenvalue weighted by molar-refractivity contribution is 5.00. The van der Waals surface area contributed by atoms with Crippen LogP contribution in [0.2, 0.25) is 0 Å². The average Bonchev–Trinajstić information content (AvgIpc) is 3.14. The molecule has 114 valence electrons. The second-order valence-electron chi connectivity index (χ2n) is 6.19. The van der Waals surface area contributed by atoms with E-state index in [0.717, 1.165) is 31.4 Å². The number of aromatic nitrogens is 4. The van der Waals surface area contributed by atoms with E-state index < -0.39 is 0 Å². The van der Waals surface area contributed by atoms with Crippen LogP contribution in [0.3, 0.4) is 0 Å². The molecule has 1 aliphatic heterocycles. The van der Waals surface area contributed by atoms with Crippen molar-refractivity contribution in [2.24, 2.45) is 0 Å². The highest BCUT2D eigenvalue weighted by Gasteiger charge is 2.26. The lowest BCUT2D eigenvalue weighted by Crippen LogP contribution is -2.32. The smallest absolute Gasteiger partial charge is 0.230 e. The summed E-state index contributed by atoms with van der Waals surface area (Å²) in [6, 6.07) is 0.499. The van der Waals surface area contributed by atoms with Gasteiger partial charge in [0.1, 0.15) is 0 Å². The molecule has 0 unspecified atom stereocenters. The molecule has 1 aliphatic rings. The van der Waals surface area contributed by atoms with Crippen molar-refractivity contribution in [3.63, 3.8) is 0 Å². The molecule has 1 atom stereocenters. The van der Waals surface area contributed by atoms with Crippen LogP contribution < -0.4 is 0 Å². The van der Waals surface area contributed by atoms with E-state index in [1.54, 1.807) is 0 Å². The number of rotatable bonds is 5. The van der Waals surface area contributed by atoms with Gasteiger partial charge in [0.05, 0.1) is 19.3 Å². The highest BCUT2D eigenvalue weighted by Crippen LogP contribution is 2.22. The zero-order valence-electron chi connectivity index (χ0n) is 13.0. The van der Waals surface area contributed by atoms with E-state index in [1.807, 2.05) is 10.9 Å². The molecule has 2 aromatic heterocycles. The Hall–Kier alpha value is -1.69. The van der Waals surface area contributed by atoms with E-state index >= 15 is 0 Å². The lowest BCUT2D eigenvalue weighted by atomic mass is 10.2. The zero-order valence-corrected chi connectivity index (χ0v) is 13.0. The maximum atomic E-state index is 5.72. The van der Waals surface area contributed by atoms with E-state index in [4.69, 9.17) is 4.42 Å². The molecule has 0 N–H and O–H groups in total. The zero-order chi connectivity index (χ0) is 14.8. The van der Waals surface area contributed by atoms with Crippen LogP contribution in [0, 0.1) is 6.92 Å². The second-order valence-corrected chi connectivity index (χ2v) is 6.19. The minimum Gasteiger partial charge on any atom is -0.424 e. The highest BCUT2D eigenvalue weighted by atomic mass is 16.4. The van der Waals surface area contributed by atoms with Gasteiger partial charge in [0.2, 0.25) is 11.8 Å². The van der Waals surface area contributed by atoms with Gasteiger partial charge in [0, 0.05) is 18.2 Å². The Morgan fingerprint density at radius 1 is 1.38 bits per heavy atom.